The second-order valence-electron chi connectivity index (χ2n) is 16.5. The topological polar surface area (TPSA) is 299 Å². The Balaban J connectivity index is 1.45. The Morgan fingerprint density at radius 2 is 1.38 bits per heavy atom. The van der Waals surface area contributed by atoms with E-state index in [1.165, 1.54) is 36.4 Å². The van der Waals surface area contributed by atoms with Crippen molar-refractivity contribution in [2.45, 2.75) is 61.2 Å². The molecule has 5 rings (SSSR count). The van der Waals surface area contributed by atoms with Crippen molar-refractivity contribution in [3.8, 4) is 0 Å². The van der Waals surface area contributed by atoms with Gasteiger partial charge in [-0.2, -0.15) is 38.2 Å². The molecule has 0 fully saturated rings. The Kier molecular flexibility index (Phi) is 15.7. The predicted molar refractivity (Wildman–Crippen MR) is 242 cm³/mol. The third kappa shape index (κ3) is 12.8. The SMILES string of the molecule is CC1(C)C(/C=C/C=C(/C=C/C=C2/N(CCS(=O)(=O)O)c3ccc(S(=O)(=O)O)cc3C2(C)C)CCCOCC(=O)NCCN2C(=O)C=CC2=O)=[N+](CCS(=O)(=O)O)c2ccc(S(=O)(=O)O)cc21. The molecule has 0 saturated carbocycles. The standard InChI is InChI=1S/C42H50N4O16S4/c1-41(2)32-26-30(65(56,57)58)13-15-34(32)44(21-24-63(50,51)52)36(41)11-5-8-29(10-7-23-62-28-38(47)43-19-20-46-39(48)17-18-40(46)49)9-6-12-37-42(3,4)33-27-31(66(59,60)61)14-16-35(33)45(37)22-25-64(53,54)55/h5-6,8-9,11-18,26-27H,7,10,19-25,28H2,1-4H3,(H4-,43,47,50,51,52,53,54,55,56,57,58,59,60,61)/p+1. The fourth-order valence-corrected chi connectivity index (χ4v) is 9.67. The number of amides is 3. The van der Waals surface area contributed by atoms with E-state index in [1.54, 1.807) is 73.6 Å². The average Bonchev–Trinajstić information content (AvgIpc) is 3.72. The number of nitrogens with one attached hydrogen (secondary N) is 1. The molecule has 3 aliphatic heterocycles. The minimum atomic E-state index is -4.60. The fraction of sp³-hybridized carbons (Fsp3) is 0.381. The Morgan fingerprint density at radius 3 is 1.98 bits per heavy atom. The second kappa shape index (κ2) is 20.0. The highest BCUT2D eigenvalue weighted by molar-refractivity contribution is 7.86. The molecular formula is C42H51N4O16S4+. The third-order valence-corrected chi connectivity index (χ3v) is 14.2. The first-order valence-electron chi connectivity index (χ1n) is 20.2. The molecule has 0 spiro atoms. The highest BCUT2D eigenvalue weighted by atomic mass is 32.2. The molecule has 2 aromatic carbocycles. The van der Waals surface area contributed by atoms with E-state index in [2.05, 4.69) is 5.32 Å². The summed E-state index contributed by atoms with van der Waals surface area (Å²) in [6.07, 6.45) is 13.2. The number of hydrogen-bond donors (Lipinski definition) is 5. The van der Waals surface area contributed by atoms with Gasteiger partial charge in [0, 0.05) is 72.9 Å². The van der Waals surface area contributed by atoms with Gasteiger partial charge in [0.05, 0.1) is 21.0 Å². The van der Waals surface area contributed by atoms with Crippen molar-refractivity contribution in [2.24, 2.45) is 0 Å². The first-order valence-corrected chi connectivity index (χ1v) is 26.3. The number of rotatable bonds is 21. The van der Waals surface area contributed by atoms with Crippen LogP contribution < -0.4 is 10.2 Å². The smallest absolute Gasteiger partial charge is 0.294 e. The van der Waals surface area contributed by atoms with Crippen molar-refractivity contribution in [2.75, 3.05) is 55.8 Å². The molecule has 24 heteroatoms. The zero-order valence-electron chi connectivity index (χ0n) is 36.3. The molecule has 0 unspecified atom stereocenters. The summed E-state index contributed by atoms with van der Waals surface area (Å²) in [5.74, 6) is -2.76. The molecule has 0 aromatic heterocycles. The number of benzene rings is 2. The third-order valence-electron chi connectivity index (χ3n) is 11.1. The number of ether oxygens (including phenoxy) is 1. The second-order valence-corrected chi connectivity index (χ2v) is 22.5. The van der Waals surface area contributed by atoms with Crippen LogP contribution in [-0.4, -0.2) is 136 Å². The monoisotopic (exact) mass is 995 g/mol. The van der Waals surface area contributed by atoms with Crippen LogP contribution in [0.5, 0.6) is 0 Å². The zero-order valence-corrected chi connectivity index (χ0v) is 39.6. The van der Waals surface area contributed by atoms with E-state index in [0.29, 0.717) is 52.3 Å². The van der Waals surface area contributed by atoms with Gasteiger partial charge in [-0.25, -0.2) is 0 Å². The van der Waals surface area contributed by atoms with E-state index >= 15 is 0 Å². The average molecular weight is 996 g/mol. The predicted octanol–water partition coefficient (Wildman–Crippen LogP) is 2.89. The van der Waals surface area contributed by atoms with Crippen LogP contribution in [0.4, 0.5) is 11.4 Å². The van der Waals surface area contributed by atoms with Gasteiger partial charge in [0.15, 0.2) is 12.3 Å². The van der Waals surface area contributed by atoms with Gasteiger partial charge in [0.25, 0.3) is 52.3 Å². The van der Waals surface area contributed by atoms with E-state index in [1.807, 2.05) is 0 Å². The van der Waals surface area contributed by atoms with Gasteiger partial charge in [0.2, 0.25) is 11.6 Å². The van der Waals surface area contributed by atoms with Crippen molar-refractivity contribution in [3.63, 3.8) is 0 Å². The van der Waals surface area contributed by atoms with Crippen LogP contribution in [0.25, 0.3) is 0 Å². The molecule has 3 amide bonds. The van der Waals surface area contributed by atoms with Crippen molar-refractivity contribution in [1.82, 2.24) is 10.2 Å². The van der Waals surface area contributed by atoms with Crippen LogP contribution in [0.2, 0.25) is 0 Å². The number of hydrogen-bond acceptors (Lipinski definition) is 13. The molecule has 0 atom stereocenters. The minimum Gasteiger partial charge on any atom is -0.372 e. The van der Waals surface area contributed by atoms with Gasteiger partial charge < -0.3 is 15.0 Å². The molecule has 5 N–H and O–H groups in total. The number of imide groups is 1. The molecule has 0 radical (unpaired) electrons. The summed E-state index contributed by atoms with van der Waals surface area (Å²) in [6, 6.07) is 7.81. The van der Waals surface area contributed by atoms with Crippen LogP contribution >= 0.6 is 0 Å². The highest BCUT2D eigenvalue weighted by Gasteiger charge is 2.45. The van der Waals surface area contributed by atoms with Gasteiger partial charge in [-0.3, -0.25) is 37.5 Å². The number of fused-ring (bicyclic) bond motifs is 2. The summed E-state index contributed by atoms with van der Waals surface area (Å²) < 4.78 is 142. The van der Waals surface area contributed by atoms with E-state index in [-0.39, 0.29) is 49.2 Å². The van der Waals surface area contributed by atoms with Gasteiger partial charge in [-0.15, -0.1) is 0 Å². The molecular weight excluding hydrogens is 945 g/mol. The van der Waals surface area contributed by atoms with Gasteiger partial charge >= 0.3 is 0 Å². The minimum absolute atomic E-state index is 0.0138. The maximum atomic E-state index is 12.4. The molecule has 3 heterocycles. The molecule has 358 valence electrons. The number of carbonyl (C=O) groups is 3. The quantitative estimate of drug-likeness (QED) is 0.0395. The Hall–Kier alpha value is -5.18. The molecule has 0 saturated heterocycles. The maximum Gasteiger partial charge on any atom is 0.294 e. The van der Waals surface area contributed by atoms with Crippen molar-refractivity contribution < 1.29 is 75.6 Å². The normalized spacial score (nSPS) is 18.1. The van der Waals surface area contributed by atoms with Gasteiger partial charge in [0.1, 0.15) is 12.4 Å². The number of carbonyl (C=O) groups excluding carboxylic acids is 3. The molecule has 66 heavy (non-hydrogen) atoms. The van der Waals surface area contributed by atoms with Gasteiger partial charge in [-0.05, 0) is 74.2 Å². The first-order chi connectivity index (χ1) is 30.5. The zero-order chi connectivity index (χ0) is 49.0. The van der Waals surface area contributed by atoms with Crippen LogP contribution in [0, 0.1) is 0 Å². The summed E-state index contributed by atoms with van der Waals surface area (Å²) >= 11 is 0. The van der Waals surface area contributed by atoms with Crippen LogP contribution in [0.3, 0.4) is 0 Å². The maximum absolute atomic E-state index is 12.4. The van der Waals surface area contributed by atoms with Crippen molar-refractivity contribution in [3.05, 3.63) is 107 Å². The van der Waals surface area contributed by atoms with Gasteiger partial charge in [-0.1, -0.05) is 38.2 Å². The lowest BCUT2D eigenvalue weighted by Gasteiger charge is -2.26. The number of allylic oxidation sites excluding steroid dienone is 8. The van der Waals surface area contributed by atoms with Crippen LogP contribution in [-0.2, 0) is 70.4 Å². The summed E-state index contributed by atoms with van der Waals surface area (Å²) in [4.78, 5) is 37.8. The van der Waals surface area contributed by atoms with E-state index in [9.17, 15) is 66.3 Å². The summed E-state index contributed by atoms with van der Waals surface area (Å²) in [5.41, 5.74) is 1.62. The summed E-state index contributed by atoms with van der Waals surface area (Å²) in [5, 5.41) is 2.58. The van der Waals surface area contributed by atoms with E-state index in [0.717, 1.165) is 17.1 Å². The Bertz CT molecular complexity index is 2930. The fourth-order valence-electron chi connectivity index (χ4n) is 7.83. The highest BCUT2D eigenvalue weighted by Crippen LogP contribution is 2.48. The number of anilines is 1. The lowest BCUT2D eigenvalue weighted by molar-refractivity contribution is -0.432. The van der Waals surface area contributed by atoms with Crippen LogP contribution in [0.15, 0.2) is 106 Å². The molecule has 3 aliphatic rings. The summed E-state index contributed by atoms with van der Waals surface area (Å²) in [6.45, 7) is 6.47. The summed E-state index contributed by atoms with van der Waals surface area (Å²) in [7, 11) is -18.1. The molecule has 0 aliphatic carbocycles. The largest absolute Gasteiger partial charge is 0.372 e. The van der Waals surface area contributed by atoms with Crippen molar-refractivity contribution in [1.29, 1.82) is 0 Å². The number of nitrogens with zero attached hydrogens (tertiary/aromatic N) is 3. The lowest BCUT2D eigenvalue weighted by atomic mass is 9.81. The molecule has 2 aromatic rings. The van der Waals surface area contributed by atoms with E-state index < -0.39 is 80.5 Å². The van der Waals surface area contributed by atoms with Crippen molar-refractivity contribution >= 4 is 75.3 Å². The molecule has 0 bridgehead atoms. The first kappa shape index (κ1) is 51.8. The molecule has 20 nitrogen and oxygen atoms in total. The Morgan fingerprint density at radius 1 is 0.773 bits per heavy atom. The lowest BCUT2D eigenvalue weighted by Crippen LogP contribution is -2.39. The van der Waals surface area contributed by atoms with E-state index in [4.69, 9.17) is 4.74 Å². The van der Waals surface area contributed by atoms with Crippen LogP contribution in [0.1, 0.15) is 51.7 Å². The Labute approximate surface area is 383 Å².